The standard InChI is InChI=1S/C20H22O5/c1-2-24-20(23)13-5-8-17(9-6-13)25-18-10-7-14-11-16(19(21)22)4-3-15(14)12-18/h3-4,7,10-13,17H,2,5-6,8-9H2,1H3,(H,21,22). The van der Waals surface area contributed by atoms with Crippen LogP contribution in [0.1, 0.15) is 43.0 Å². The van der Waals surface area contributed by atoms with Gasteiger partial charge >= 0.3 is 11.9 Å². The van der Waals surface area contributed by atoms with Gasteiger partial charge in [0.1, 0.15) is 5.75 Å². The lowest BCUT2D eigenvalue weighted by molar-refractivity contribution is -0.149. The highest BCUT2D eigenvalue weighted by atomic mass is 16.5. The first-order chi connectivity index (χ1) is 12.1. The van der Waals surface area contributed by atoms with Gasteiger partial charge in [-0.2, -0.15) is 0 Å². The van der Waals surface area contributed by atoms with Crippen LogP contribution in [0, 0.1) is 5.92 Å². The number of hydrogen-bond donors (Lipinski definition) is 1. The number of carbonyl (C=O) groups is 2. The maximum atomic E-state index is 11.8. The van der Waals surface area contributed by atoms with Gasteiger partial charge in [-0.05, 0) is 67.6 Å². The molecule has 0 unspecified atom stereocenters. The van der Waals surface area contributed by atoms with Crippen molar-refractivity contribution in [3.05, 3.63) is 42.0 Å². The Morgan fingerprint density at radius 1 is 1.04 bits per heavy atom. The molecule has 1 saturated carbocycles. The summed E-state index contributed by atoms with van der Waals surface area (Å²) in [5.74, 6) is -0.262. The number of fused-ring (bicyclic) bond motifs is 1. The zero-order chi connectivity index (χ0) is 17.8. The van der Waals surface area contributed by atoms with Crippen LogP contribution in [-0.4, -0.2) is 29.8 Å². The van der Waals surface area contributed by atoms with E-state index in [4.69, 9.17) is 14.6 Å². The monoisotopic (exact) mass is 342 g/mol. The summed E-state index contributed by atoms with van der Waals surface area (Å²) in [5.41, 5.74) is 0.276. The second-order valence-corrected chi connectivity index (χ2v) is 6.37. The minimum Gasteiger partial charge on any atom is -0.490 e. The van der Waals surface area contributed by atoms with Crippen LogP contribution in [0.4, 0.5) is 0 Å². The van der Waals surface area contributed by atoms with E-state index in [1.54, 1.807) is 18.2 Å². The number of carboxylic acid groups (broad SMARTS) is 1. The Kier molecular flexibility index (Phi) is 5.22. The number of hydrogen-bond acceptors (Lipinski definition) is 4. The summed E-state index contributed by atoms with van der Waals surface area (Å²) < 4.78 is 11.1. The summed E-state index contributed by atoms with van der Waals surface area (Å²) in [7, 11) is 0. The van der Waals surface area contributed by atoms with Crippen molar-refractivity contribution in [1.82, 2.24) is 0 Å². The minimum absolute atomic E-state index is 0.00848. The zero-order valence-electron chi connectivity index (χ0n) is 14.2. The van der Waals surface area contributed by atoms with E-state index in [1.165, 1.54) is 0 Å². The van der Waals surface area contributed by atoms with Gasteiger partial charge in [0.2, 0.25) is 0 Å². The van der Waals surface area contributed by atoms with E-state index in [2.05, 4.69) is 0 Å². The molecule has 0 atom stereocenters. The van der Waals surface area contributed by atoms with Gasteiger partial charge in [0.15, 0.2) is 0 Å². The molecule has 0 amide bonds. The molecule has 1 aliphatic rings. The van der Waals surface area contributed by atoms with Crippen LogP contribution < -0.4 is 4.74 Å². The summed E-state index contributed by atoms with van der Waals surface area (Å²) in [4.78, 5) is 22.8. The van der Waals surface area contributed by atoms with Crippen molar-refractivity contribution in [1.29, 1.82) is 0 Å². The molecule has 3 rings (SSSR count). The molecule has 25 heavy (non-hydrogen) atoms. The molecule has 0 aromatic heterocycles. The topological polar surface area (TPSA) is 72.8 Å². The molecule has 132 valence electrons. The molecule has 1 aliphatic carbocycles. The first-order valence-corrected chi connectivity index (χ1v) is 8.67. The molecule has 5 nitrogen and oxygen atoms in total. The molecule has 1 fully saturated rings. The lowest BCUT2D eigenvalue weighted by Gasteiger charge is -2.27. The number of carboxylic acids is 1. The summed E-state index contributed by atoms with van der Waals surface area (Å²) in [6.45, 7) is 2.25. The maximum Gasteiger partial charge on any atom is 0.335 e. The number of esters is 1. The molecule has 0 aliphatic heterocycles. The molecule has 0 saturated heterocycles. The van der Waals surface area contributed by atoms with E-state index in [0.717, 1.165) is 42.2 Å². The Morgan fingerprint density at radius 2 is 1.72 bits per heavy atom. The Balaban J connectivity index is 1.63. The van der Waals surface area contributed by atoms with Crippen molar-refractivity contribution in [2.75, 3.05) is 6.61 Å². The van der Waals surface area contributed by atoms with E-state index in [0.29, 0.717) is 6.61 Å². The van der Waals surface area contributed by atoms with Crippen molar-refractivity contribution in [3.8, 4) is 5.75 Å². The summed E-state index contributed by atoms with van der Waals surface area (Å²) in [6.07, 6.45) is 3.35. The fourth-order valence-corrected chi connectivity index (χ4v) is 3.30. The van der Waals surface area contributed by atoms with E-state index in [9.17, 15) is 9.59 Å². The van der Waals surface area contributed by atoms with Crippen LogP contribution in [0.15, 0.2) is 36.4 Å². The average Bonchev–Trinajstić information content (AvgIpc) is 2.62. The molecule has 0 bridgehead atoms. The van der Waals surface area contributed by atoms with Crippen molar-refractivity contribution in [2.45, 2.75) is 38.7 Å². The molecular weight excluding hydrogens is 320 g/mol. The van der Waals surface area contributed by atoms with E-state index in [-0.39, 0.29) is 23.6 Å². The Bertz CT molecular complexity index is 775. The molecule has 5 heteroatoms. The van der Waals surface area contributed by atoms with Crippen molar-refractivity contribution < 1.29 is 24.2 Å². The third kappa shape index (κ3) is 4.10. The van der Waals surface area contributed by atoms with Crippen LogP contribution in [0.3, 0.4) is 0 Å². The second-order valence-electron chi connectivity index (χ2n) is 6.37. The van der Waals surface area contributed by atoms with Gasteiger partial charge in [0.05, 0.1) is 24.2 Å². The van der Waals surface area contributed by atoms with Crippen LogP contribution in [0.2, 0.25) is 0 Å². The van der Waals surface area contributed by atoms with Gasteiger partial charge in [-0.15, -0.1) is 0 Å². The Morgan fingerprint density at radius 3 is 2.40 bits per heavy atom. The summed E-state index contributed by atoms with van der Waals surface area (Å²) >= 11 is 0. The van der Waals surface area contributed by atoms with E-state index in [1.807, 2.05) is 25.1 Å². The van der Waals surface area contributed by atoms with Gasteiger partial charge in [0, 0.05) is 0 Å². The average molecular weight is 342 g/mol. The lowest BCUT2D eigenvalue weighted by atomic mass is 9.87. The second kappa shape index (κ2) is 7.55. The number of benzene rings is 2. The highest BCUT2D eigenvalue weighted by Gasteiger charge is 2.28. The number of carbonyl (C=O) groups excluding carboxylic acids is 1. The Hall–Kier alpha value is -2.56. The van der Waals surface area contributed by atoms with Gasteiger partial charge in [-0.1, -0.05) is 12.1 Å². The predicted molar refractivity (Wildman–Crippen MR) is 93.9 cm³/mol. The molecule has 1 N–H and O–H groups in total. The first-order valence-electron chi connectivity index (χ1n) is 8.67. The van der Waals surface area contributed by atoms with Gasteiger partial charge in [-0.25, -0.2) is 4.79 Å². The van der Waals surface area contributed by atoms with Gasteiger partial charge in [-0.3, -0.25) is 4.79 Å². The molecule has 2 aromatic carbocycles. The van der Waals surface area contributed by atoms with Crippen molar-refractivity contribution in [3.63, 3.8) is 0 Å². The highest BCUT2D eigenvalue weighted by Crippen LogP contribution is 2.30. The summed E-state index contributed by atoms with van der Waals surface area (Å²) in [6, 6.07) is 10.7. The third-order valence-corrected chi connectivity index (χ3v) is 4.66. The maximum absolute atomic E-state index is 11.8. The largest absolute Gasteiger partial charge is 0.490 e. The SMILES string of the molecule is CCOC(=O)C1CCC(Oc2ccc3cc(C(=O)O)ccc3c2)CC1. The molecule has 0 heterocycles. The van der Waals surface area contributed by atoms with Crippen LogP contribution >= 0.6 is 0 Å². The van der Waals surface area contributed by atoms with Crippen LogP contribution in [0.25, 0.3) is 10.8 Å². The number of ether oxygens (including phenoxy) is 2. The quantitative estimate of drug-likeness (QED) is 0.830. The predicted octanol–water partition coefficient (Wildman–Crippen LogP) is 4.04. The van der Waals surface area contributed by atoms with E-state index >= 15 is 0 Å². The van der Waals surface area contributed by atoms with Crippen molar-refractivity contribution >= 4 is 22.7 Å². The van der Waals surface area contributed by atoms with E-state index < -0.39 is 5.97 Å². The van der Waals surface area contributed by atoms with Gasteiger partial charge in [0.25, 0.3) is 0 Å². The normalized spacial score (nSPS) is 20.2. The van der Waals surface area contributed by atoms with Gasteiger partial charge < -0.3 is 14.6 Å². The third-order valence-electron chi connectivity index (χ3n) is 4.66. The van der Waals surface area contributed by atoms with Crippen LogP contribution in [-0.2, 0) is 9.53 Å². The molecule has 2 aromatic rings. The summed E-state index contributed by atoms with van der Waals surface area (Å²) in [5, 5.41) is 10.9. The smallest absolute Gasteiger partial charge is 0.335 e. The number of rotatable bonds is 5. The molecule has 0 spiro atoms. The first kappa shape index (κ1) is 17.3. The fourth-order valence-electron chi connectivity index (χ4n) is 3.30. The fraction of sp³-hybridized carbons (Fsp3) is 0.400. The zero-order valence-corrected chi connectivity index (χ0v) is 14.2. The Labute approximate surface area is 146 Å². The highest BCUT2D eigenvalue weighted by molar-refractivity contribution is 5.94. The molecule has 0 radical (unpaired) electrons. The lowest BCUT2D eigenvalue weighted by Crippen LogP contribution is -2.29. The minimum atomic E-state index is -0.930. The van der Waals surface area contributed by atoms with Crippen LogP contribution in [0.5, 0.6) is 5.75 Å². The number of aromatic carboxylic acids is 1. The van der Waals surface area contributed by atoms with Crippen molar-refractivity contribution in [2.24, 2.45) is 5.92 Å². The molecular formula is C20H22O5.